The SMILES string of the molecule is COc1ccc(N(NS(=O)(=O)O)C(=O)c2ccc(Cl)cc2)cc1.[Na+]. The fourth-order valence-electron chi connectivity index (χ4n) is 1.78. The number of carbonyl (C=O) groups excluding carboxylic acids is 1. The van der Waals surface area contributed by atoms with Crippen LogP contribution in [0.2, 0.25) is 5.02 Å². The second-order valence-corrected chi connectivity index (χ2v) is 5.98. The molecule has 0 saturated heterocycles. The van der Waals surface area contributed by atoms with Crippen LogP contribution < -0.4 is 44.1 Å². The molecule has 2 aromatic rings. The molecule has 0 aliphatic heterocycles. The van der Waals surface area contributed by atoms with Gasteiger partial charge < -0.3 is 4.74 Å². The summed E-state index contributed by atoms with van der Waals surface area (Å²) >= 11 is 5.76. The minimum absolute atomic E-state index is 0. The van der Waals surface area contributed by atoms with Gasteiger partial charge >= 0.3 is 39.9 Å². The van der Waals surface area contributed by atoms with E-state index in [1.54, 1.807) is 17.0 Å². The molecule has 0 aliphatic carbocycles. The van der Waals surface area contributed by atoms with Crippen molar-refractivity contribution in [3.8, 4) is 5.75 Å². The number of nitrogens with zero attached hydrogens (tertiary/aromatic N) is 1. The third-order valence-corrected chi connectivity index (χ3v) is 3.50. The first-order valence-corrected chi connectivity index (χ1v) is 8.11. The van der Waals surface area contributed by atoms with Crippen molar-refractivity contribution >= 4 is 33.5 Å². The Hall–Kier alpha value is -1.13. The topological polar surface area (TPSA) is 95.9 Å². The summed E-state index contributed by atoms with van der Waals surface area (Å²) in [5, 5.41) is 1.14. The van der Waals surface area contributed by atoms with Gasteiger partial charge in [-0.3, -0.25) is 9.35 Å². The van der Waals surface area contributed by atoms with E-state index in [0.717, 1.165) is 0 Å². The Kier molecular flexibility index (Phi) is 7.68. The van der Waals surface area contributed by atoms with Gasteiger partial charge in [-0.1, -0.05) is 16.4 Å². The van der Waals surface area contributed by atoms with Crippen LogP contribution in [-0.4, -0.2) is 26.0 Å². The molecule has 0 bridgehead atoms. The Labute approximate surface area is 166 Å². The molecule has 0 aliphatic rings. The minimum atomic E-state index is -4.65. The van der Waals surface area contributed by atoms with Gasteiger partial charge in [-0.15, -0.1) is 0 Å². The molecule has 24 heavy (non-hydrogen) atoms. The number of amides is 1. The maximum Gasteiger partial charge on any atom is 1.00 e. The standard InChI is InChI=1S/C14H13ClN2O5S.Na/c1-22-13-8-6-12(7-9-13)17(16-23(19,20)21)14(18)10-2-4-11(15)5-3-10;/h2-9,16H,1H3,(H,19,20,21);/q;+1. The van der Waals surface area contributed by atoms with Crippen LogP contribution in [0.5, 0.6) is 5.75 Å². The molecule has 0 aromatic heterocycles. The first-order valence-electron chi connectivity index (χ1n) is 6.29. The van der Waals surface area contributed by atoms with Gasteiger partial charge in [0.2, 0.25) is 0 Å². The fraction of sp³-hybridized carbons (Fsp3) is 0.0714. The summed E-state index contributed by atoms with van der Waals surface area (Å²) in [6.45, 7) is 0. The summed E-state index contributed by atoms with van der Waals surface area (Å²) in [6.07, 6.45) is 0. The van der Waals surface area contributed by atoms with Crippen LogP contribution in [0.25, 0.3) is 0 Å². The van der Waals surface area contributed by atoms with Crippen molar-refractivity contribution in [2.45, 2.75) is 0 Å². The van der Waals surface area contributed by atoms with Gasteiger partial charge in [-0.25, -0.2) is 5.01 Å². The number of nitrogens with one attached hydrogen (secondary N) is 1. The molecule has 0 radical (unpaired) electrons. The molecule has 2 N–H and O–H groups in total. The number of hydrogen-bond acceptors (Lipinski definition) is 4. The average Bonchev–Trinajstić information content (AvgIpc) is 2.52. The molecular formula is C14H13ClN2NaO5S+. The molecule has 2 aromatic carbocycles. The number of hydrazine groups is 1. The molecule has 0 spiro atoms. The van der Waals surface area contributed by atoms with Crippen LogP contribution >= 0.6 is 11.6 Å². The van der Waals surface area contributed by atoms with Crippen molar-refractivity contribution in [1.29, 1.82) is 0 Å². The van der Waals surface area contributed by atoms with Gasteiger partial charge in [0.15, 0.2) is 0 Å². The predicted molar refractivity (Wildman–Crippen MR) is 85.9 cm³/mol. The van der Waals surface area contributed by atoms with E-state index in [1.807, 2.05) is 0 Å². The van der Waals surface area contributed by atoms with Crippen LogP contribution in [0.15, 0.2) is 48.5 Å². The maximum atomic E-state index is 12.5. The van der Waals surface area contributed by atoms with Crippen molar-refractivity contribution in [3.63, 3.8) is 0 Å². The van der Waals surface area contributed by atoms with E-state index >= 15 is 0 Å². The van der Waals surface area contributed by atoms with E-state index < -0.39 is 16.2 Å². The van der Waals surface area contributed by atoms with Crippen molar-refractivity contribution in [1.82, 2.24) is 4.83 Å². The number of rotatable bonds is 5. The maximum absolute atomic E-state index is 12.5. The number of ether oxygens (including phenoxy) is 1. The zero-order chi connectivity index (χ0) is 17.0. The summed E-state index contributed by atoms with van der Waals surface area (Å²) in [7, 11) is -3.18. The quantitative estimate of drug-likeness (QED) is 0.407. The first kappa shape index (κ1) is 20.9. The summed E-state index contributed by atoms with van der Waals surface area (Å²) < 4.78 is 36.3. The molecule has 2 rings (SSSR count). The molecule has 7 nitrogen and oxygen atoms in total. The van der Waals surface area contributed by atoms with Crippen LogP contribution in [0, 0.1) is 0 Å². The van der Waals surface area contributed by atoms with E-state index in [-0.39, 0.29) is 40.8 Å². The average molecular weight is 380 g/mol. The minimum Gasteiger partial charge on any atom is -0.497 e. The van der Waals surface area contributed by atoms with Gasteiger partial charge in [-0.2, -0.15) is 8.42 Å². The smallest absolute Gasteiger partial charge is 0.497 e. The summed E-state index contributed by atoms with van der Waals surface area (Å²) in [5.74, 6) is -0.163. The van der Waals surface area contributed by atoms with E-state index in [4.69, 9.17) is 20.9 Å². The van der Waals surface area contributed by atoms with Crippen molar-refractivity contribution in [2.24, 2.45) is 0 Å². The number of carbonyl (C=O) groups is 1. The molecule has 0 atom stereocenters. The monoisotopic (exact) mass is 379 g/mol. The third kappa shape index (κ3) is 5.75. The molecule has 0 saturated carbocycles. The number of anilines is 1. The molecule has 10 heteroatoms. The van der Waals surface area contributed by atoms with E-state index in [1.165, 1.54) is 43.5 Å². The van der Waals surface area contributed by atoms with Crippen LogP contribution in [0.4, 0.5) is 5.69 Å². The normalized spacial score (nSPS) is 10.6. The molecular weight excluding hydrogens is 367 g/mol. The van der Waals surface area contributed by atoms with Crippen molar-refractivity contribution < 1.29 is 52.1 Å². The van der Waals surface area contributed by atoms with E-state index in [0.29, 0.717) is 15.8 Å². The van der Waals surface area contributed by atoms with E-state index in [2.05, 4.69) is 0 Å². The Morgan fingerprint density at radius 2 is 1.67 bits per heavy atom. The summed E-state index contributed by atoms with van der Waals surface area (Å²) in [5.41, 5.74) is 0.379. The summed E-state index contributed by atoms with van der Waals surface area (Å²) in [4.78, 5) is 14.3. The molecule has 122 valence electrons. The zero-order valence-corrected chi connectivity index (χ0v) is 16.5. The molecule has 0 unspecified atom stereocenters. The van der Waals surface area contributed by atoms with Gasteiger partial charge in [0.05, 0.1) is 12.8 Å². The predicted octanol–water partition coefficient (Wildman–Crippen LogP) is -0.693. The van der Waals surface area contributed by atoms with Gasteiger partial charge in [-0.05, 0) is 48.5 Å². The Morgan fingerprint density at radius 1 is 1.12 bits per heavy atom. The third-order valence-electron chi connectivity index (χ3n) is 2.83. The van der Waals surface area contributed by atoms with Gasteiger partial charge in [0, 0.05) is 10.6 Å². The number of methoxy groups -OCH3 is 1. The van der Waals surface area contributed by atoms with Crippen LogP contribution in [0.1, 0.15) is 10.4 Å². The first-order chi connectivity index (χ1) is 10.8. The summed E-state index contributed by atoms with van der Waals surface area (Å²) in [6, 6.07) is 11.9. The van der Waals surface area contributed by atoms with Crippen LogP contribution in [0.3, 0.4) is 0 Å². The zero-order valence-electron chi connectivity index (χ0n) is 12.9. The number of benzene rings is 2. The second-order valence-electron chi connectivity index (χ2n) is 4.41. The fourth-order valence-corrected chi connectivity index (χ4v) is 2.32. The number of hydrogen-bond donors (Lipinski definition) is 2. The molecule has 0 heterocycles. The van der Waals surface area contributed by atoms with E-state index in [9.17, 15) is 13.2 Å². The van der Waals surface area contributed by atoms with Gasteiger partial charge in [0.1, 0.15) is 5.75 Å². The Balaban J connectivity index is 0.00000288. The molecule has 0 fully saturated rings. The molecule has 1 amide bonds. The van der Waals surface area contributed by atoms with Crippen molar-refractivity contribution in [2.75, 3.05) is 12.1 Å². The second kappa shape index (κ2) is 8.82. The Morgan fingerprint density at radius 3 is 2.12 bits per heavy atom. The Bertz CT molecular complexity index is 797. The van der Waals surface area contributed by atoms with Crippen LogP contribution in [-0.2, 0) is 10.3 Å². The number of halogens is 1. The van der Waals surface area contributed by atoms with Crippen molar-refractivity contribution in [3.05, 3.63) is 59.1 Å². The van der Waals surface area contributed by atoms with Gasteiger partial charge in [0.25, 0.3) is 5.91 Å². The largest absolute Gasteiger partial charge is 1.00 e.